The van der Waals surface area contributed by atoms with E-state index in [2.05, 4.69) is 0 Å². The van der Waals surface area contributed by atoms with Crippen LogP contribution in [0.25, 0.3) is 5.70 Å². The number of nitrogens with two attached hydrogens (primary N) is 1. The molecule has 0 atom stereocenters. The molecule has 0 aliphatic heterocycles. The fraction of sp³-hybridized carbons (Fsp3) is 0.0625. The maximum Gasteiger partial charge on any atom is 0.125 e. The van der Waals surface area contributed by atoms with Gasteiger partial charge < -0.3 is 16.2 Å². The van der Waals surface area contributed by atoms with E-state index in [-0.39, 0.29) is 17.3 Å². The summed E-state index contributed by atoms with van der Waals surface area (Å²) in [5.74, 6) is -0.300. The molecule has 20 heavy (non-hydrogen) atoms. The monoisotopic (exact) mass is 270 g/mol. The smallest absolute Gasteiger partial charge is 0.125 e. The first-order chi connectivity index (χ1) is 9.49. The summed E-state index contributed by atoms with van der Waals surface area (Å²) in [6.45, 7) is 1.81. The van der Waals surface area contributed by atoms with Crippen LogP contribution in [-0.2, 0) is 0 Å². The average molecular weight is 270 g/mol. The van der Waals surface area contributed by atoms with E-state index in [0.29, 0.717) is 16.8 Å². The number of benzene rings is 2. The molecule has 2 aromatic rings. The molecule has 0 radical (unpaired) electrons. The lowest BCUT2D eigenvalue weighted by Gasteiger charge is -2.08. The molecule has 0 aliphatic rings. The van der Waals surface area contributed by atoms with Gasteiger partial charge in [-0.25, -0.2) is 4.39 Å². The summed E-state index contributed by atoms with van der Waals surface area (Å²) in [6.07, 6.45) is 1.45. The standard InChI is InChI=1S/C16H15FN2O/c1-10-3-2-4-15(20)16(10)14(19)9-13(18)11-5-7-12(17)8-6-11/h2-9,19-20H,18H2,1H3/b13-9-,19-14?. The van der Waals surface area contributed by atoms with Crippen molar-refractivity contribution in [1.82, 2.24) is 0 Å². The first-order valence-corrected chi connectivity index (χ1v) is 6.09. The Morgan fingerprint density at radius 2 is 1.85 bits per heavy atom. The molecule has 0 unspecified atom stereocenters. The molecule has 0 fully saturated rings. The molecular formula is C16H15FN2O. The highest BCUT2D eigenvalue weighted by Gasteiger charge is 2.09. The summed E-state index contributed by atoms with van der Waals surface area (Å²) < 4.78 is 12.8. The van der Waals surface area contributed by atoms with Crippen LogP contribution in [0.3, 0.4) is 0 Å². The van der Waals surface area contributed by atoms with Crippen molar-refractivity contribution in [1.29, 1.82) is 5.41 Å². The van der Waals surface area contributed by atoms with Crippen LogP contribution in [0.4, 0.5) is 4.39 Å². The second kappa shape index (κ2) is 5.57. The minimum atomic E-state index is -0.340. The van der Waals surface area contributed by atoms with Crippen LogP contribution in [0.5, 0.6) is 5.75 Å². The third-order valence-electron chi connectivity index (χ3n) is 3.00. The first kappa shape index (κ1) is 13.8. The van der Waals surface area contributed by atoms with Gasteiger partial charge in [0.2, 0.25) is 0 Å². The van der Waals surface area contributed by atoms with Gasteiger partial charge in [-0.2, -0.15) is 0 Å². The molecule has 0 saturated heterocycles. The Bertz CT molecular complexity index is 655. The molecule has 102 valence electrons. The third-order valence-corrected chi connectivity index (χ3v) is 3.00. The molecule has 2 rings (SSSR count). The van der Waals surface area contributed by atoms with Crippen molar-refractivity contribution in [3.05, 3.63) is 71.0 Å². The summed E-state index contributed by atoms with van der Waals surface area (Å²) in [4.78, 5) is 0. The van der Waals surface area contributed by atoms with Crippen molar-refractivity contribution in [2.75, 3.05) is 0 Å². The largest absolute Gasteiger partial charge is 0.507 e. The van der Waals surface area contributed by atoms with Gasteiger partial charge in [-0.05, 0) is 42.3 Å². The van der Waals surface area contributed by atoms with Gasteiger partial charge in [0, 0.05) is 11.3 Å². The maximum absolute atomic E-state index is 12.8. The van der Waals surface area contributed by atoms with Gasteiger partial charge in [0.15, 0.2) is 0 Å². The molecule has 0 aromatic heterocycles. The second-order valence-electron chi connectivity index (χ2n) is 4.49. The number of hydrogen-bond donors (Lipinski definition) is 3. The van der Waals surface area contributed by atoms with E-state index < -0.39 is 0 Å². The van der Waals surface area contributed by atoms with Crippen LogP contribution < -0.4 is 5.73 Å². The van der Waals surface area contributed by atoms with E-state index in [0.717, 1.165) is 5.56 Å². The summed E-state index contributed by atoms with van der Waals surface area (Å²) in [5.41, 5.74) is 8.22. The Kier molecular flexibility index (Phi) is 3.84. The summed E-state index contributed by atoms with van der Waals surface area (Å²) in [5, 5.41) is 17.9. The van der Waals surface area contributed by atoms with Gasteiger partial charge in [0.05, 0.1) is 5.71 Å². The van der Waals surface area contributed by atoms with E-state index in [1.165, 1.54) is 24.3 Å². The number of aryl methyl sites for hydroxylation is 1. The predicted molar refractivity (Wildman–Crippen MR) is 78.2 cm³/mol. The van der Waals surface area contributed by atoms with Crippen molar-refractivity contribution in [2.24, 2.45) is 5.73 Å². The zero-order valence-electron chi connectivity index (χ0n) is 11.0. The lowest BCUT2D eigenvalue weighted by atomic mass is 10.0. The number of nitrogens with one attached hydrogen (secondary N) is 1. The molecule has 4 N–H and O–H groups in total. The van der Waals surface area contributed by atoms with Crippen LogP contribution in [-0.4, -0.2) is 10.8 Å². The predicted octanol–water partition coefficient (Wildman–Crippen LogP) is 3.21. The molecule has 0 saturated carbocycles. The van der Waals surface area contributed by atoms with E-state index in [4.69, 9.17) is 11.1 Å². The van der Waals surface area contributed by atoms with Gasteiger partial charge >= 0.3 is 0 Å². The Morgan fingerprint density at radius 1 is 1.20 bits per heavy atom. The third kappa shape index (κ3) is 2.85. The zero-order chi connectivity index (χ0) is 14.7. The number of hydrogen-bond acceptors (Lipinski definition) is 3. The summed E-state index contributed by atoms with van der Waals surface area (Å²) in [6, 6.07) is 10.8. The molecule has 3 nitrogen and oxygen atoms in total. The quantitative estimate of drug-likeness (QED) is 0.749. The van der Waals surface area contributed by atoms with Crippen LogP contribution in [0.15, 0.2) is 48.5 Å². The number of halogens is 1. The van der Waals surface area contributed by atoms with E-state index in [1.807, 2.05) is 13.0 Å². The highest BCUT2D eigenvalue weighted by atomic mass is 19.1. The van der Waals surface area contributed by atoms with Gasteiger partial charge in [-0.1, -0.05) is 24.3 Å². The summed E-state index contributed by atoms with van der Waals surface area (Å²) >= 11 is 0. The second-order valence-corrected chi connectivity index (χ2v) is 4.49. The lowest BCUT2D eigenvalue weighted by molar-refractivity contribution is 0.473. The topological polar surface area (TPSA) is 70.1 Å². The SMILES string of the molecule is Cc1cccc(O)c1C(=N)/C=C(\N)c1ccc(F)cc1. The van der Waals surface area contributed by atoms with Gasteiger partial charge in [0.1, 0.15) is 11.6 Å². The molecular weight excluding hydrogens is 255 g/mol. The highest BCUT2D eigenvalue weighted by Crippen LogP contribution is 2.22. The van der Waals surface area contributed by atoms with E-state index in [9.17, 15) is 9.50 Å². The van der Waals surface area contributed by atoms with Crippen LogP contribution in [0.2, 0.25) is 0 Å². The van der Waals surface area contributed by atoms with Crippen molar-refractivity contribution >= 4 is 11.4 Å². The average Bonchev–Trinajstić information content (AvgIpc) is 2.39. The Balaban J connectivity index is 2.35. The van der Waals surface area contributed by atoms with Crippen molar-refractivity contribution in [2.45, 2.75) is 6.92 Å². The molecule has 0 amide bonds. The molecule has 0 bridgehead atoms. The minimum Gasteiger partial charge on any atom is -0.507 e. The van der Waals surface area contributed by atoms with Crippen LogP contribution >= 0.6 is 0 Å². The van der Waals surface area contributed by atoms with Crippen molar-refractivity contribution in [3.8, 4) is 5.75 Å². The van der Waals surface area contributed by atoms with Crippen LogP contribution in [0, 0.1) is 18.2 Å². The molecule has 2 aromatic carbocycles. The van der Waals surface area contributed by atoms with Gasteiger partial charge in [-0.3, -0.25) is 0 Å². The Labute approximate surface area is 116 Å². The van der Waals surface area contributed by atoms with Gasteiger partial charge in [0.25, 0.3) is 0 Å². The fourth-order valence-corrected chi connectivity index (χ4v) is 1.96. The van der Waals surface area contributed by atoms with Crippen molar-refractivity contribution in [3.63, 3.8) is 0 Å². The molecule has 0 aliphatic carbocycles. The minimum absolute atomic E-state index is 0.0400. The number of aromatic hydroxyl groups is 1. The summed E-state index contributed by atoms with van der Waals surface area (Å²) in [7, 11) is 0. The number of phenols is 1. The first-order valence-electron chi connectivity index (χ1n) is 6.09. The highest BCUT2D eigenvalue weighted by molar-refractivity contribution is 6.12. The fourth-order valence-electron chi connectivity index (χ4n) is 1.96. The molecule has 0 heterocycles. The van der Waals surface area contributed by atoms with Gasteiger partial charge in [-0.15, -0.1) is 0 Å². The van der Waals surface area contributed by atoms with E-state index >= 15 is 0 Å². The normalized spacial score (nSPS) is 11.4. The Hall–Kier alpha value is -2.62. The molecule has 4 heteroatoms. The number of phenolic OH excluding ortho intramolecular Hbond substituents is 1. The Morgan fingerprint density at radius 3 is 2.45 bits per heavy atom. The lowest BCUT2D eigenvalue weighted by Crippen LogP contribution is -2.04. The number of rotatable bonds is 3. The molecule has 0 spiro atoms. The number of allylic oxidation sites excluding steroid dienone is 1. The van der Waals surface area contributed by atoms with E-state index in [1.54, 1.807) is 18.2 Å². The zero-order valence-corrected chi connectivity index (χ0v) is 11.0. The maximum atomic E-state index is 12.8. The van der Waals surface area contributed by atoms with Crippen LogP contribution in [0.1, 0.15) is 16.7 Å². The van der Waals surface area contributed by atoms with Crippen molar-refractivity contribution < 1.29 is 9.50 Å².